The summed E-state index contributed by atoms with van der Waals surface area (Å²) in [5.74, 6) is 0. The van der Waals surface area contributed by atoms with Gasteiger partial charge in [-0.2, -0.15) is 0 Å². The predicted molar refractivity (Wildman–Crippen MR) is 56.3 cm³/mol. The second-order valence-electron chi connectivity index (χ2n) is 2.73. The zero-order chi connectivity index (χ0) is 10.4. The van der Waals surface area contributed by atoms with Crippen molar-refractivity contribution in [3.63, 3.8) is 0 Å². The van der Waals surface area contributed by atoms with Gasteiger partial charge in [-0.1, -0.05) is 11.6 Å². The molecule has 4 nitrogen and oxygen atoms in total. The summed E-state index contributed by atoms with van der Waals surface area (Å²) in [4.78, 5) is 3.86. The number of hydrogen-bond acceptors (Lipinski definition) is 2. The first kappa shape index (κ1) is 11.6. The summed E-state index contributed by atoms with van der Waals surface area (Å²) in [7, 11) is 0. The van der Waals surface area contributed by atoms with Crippen LogP contribution in [0.5, 0.6) is 0 Å². The number of nitrogens with one attached hydrogen (secondary N) is 1. The first-order valence-corrected chi connectivity index (χ1v) is 5.62. The average Bonchev–Trinajstić information content (AvgIpc) is 2.12. The Bertz CT molecular complexity index is 322. The molecule has 2 N–H and O–H groups in total. The minimum Gasteiger partial charge on any atom is -0.294 e. The fraction of sp³-hybridized carbons (Fsp3) is 0.375. The van der Waals surface area contributed by atoms with Gasteiger partial charge in [0.2, 0.25) is 11.3 Å². The van der Waals surface area contributed by atoms with Crippen LogP contribution in [0.2, 0.25) is 5.15 Å². The van der Waals surface area contributed by atoms with Crippen LogP contribution in [0.4, 0.5) is 0 Å². The minimum absolute atomic E-state index is 0.473. The molecule has 0 fully saturated rings. The molecule has 0 bridgehead atoms. The lowest BCUT2D eigenvalue weighted by molar-refractivity contribution is 0.547. The van der Waals surface area contributed by atoms with Gasteiger partial charge in [0.1, 0.15) is 5.15 Å². The molecule has 0 aliphatic heterocycles. The highest BCUT2D eigenvalue weighted by atomic mass is 35.5. The molecule has 1 unspecified atom stereocenters. The van der Waals surface area contributed by atoms with Gasteiger partial charge in [0.15, 0.2) is 0 Å². The predicted octanol–water partition coefficient (Wildman–Crippen LogP) is 1.39. The lowest BCUT2D eigenvalue weighted by atomic mass is 10.1. The second kappa shape index (κ2) is 6.08. The lowest BCUT2D eigenvalue weighted by Crippen LogP contribution is -2.17. The molecule has 0 saturated heterocycles. The van der Waals surface area contributed by atoms with Crippen LogP contribution >= 0.6 is 11.6 Å². The summed E-state index contributed by atoms with van der Waals surface area (Å²) < 4.78 is 21.1. The third-order valence-corrected chi connectivity index (χ3v) is 2.32. The van der Waals surface area contributed by atoms with E-state index in [4.69, 9.17) is 16.2 Å². The van der Waals surface area contributed by atoms with Crippen molar-refractivity contribution in [3.8, 4) is 0 Å². The highest BCUT2D eigenvalue weighted by Gasteiger charge is 1.96. The number of nitrogens with zero attached hydrogens (tertiary/aromatic N) is 1. The van der Waals surface area contributed by atoms with Gasteiger partial charge >= 0.3 is 0 Å². The summed E-state index contributed by atoms with van der Waals surface area (Å²) in [6.45, 7) is 0.503. The van der Waals surface area contributed by atoms with Gasteiger partial charge in [0.05, 0.1) is 0 Å². The van der Waals surface area contributed by atoms with E-state index in [0.29, 0.717) is 11.7 Å². The maximum Gasteiger partial charge on any atom is 0.231 e. The zero-order valence-electron chi connectivity index (χ0n) is 7.44. The van der Waals surface area contributed by atoms with Crippen molar-refractivity contribution in [2.45, 2.75) is 12.8 Å². The van der Waals surface area contributed by atoms with Gasteiger partial charge in [-0.15, -0.1) is 0 Å². The van der Waals surface area contributed by atoms with Crippen molar-refractivity contribution < 1.29 is 8.76 Å². The third-order valence-electron chi connectivity index (χ3n) is 1.66. The zero-order valence-corrected chi connectivity index (χ0v) is 9.01. The number of aromatic nitrogens is 1. The van der Waals surface area contributed by atoms with E-state index in [9.17, 15) is 4.21 Å². The smallest absolute Gasteiger partial charge is 0.231 e. The van der Waals surface area contributed by atoms with Crippen LogP contribution in [0.1, 0.15) is 12.0 Å². The maximum absolute atomic E-state index is 10.2. The molecule has 0 aliphatic rings. The van der Waals surface area contributed by atoms with E-state index in [0.717, 1.165) is 18.4 Å². The molecule has 0 aliphatic carbocycles. The fourth-order valence-corrected chi connectivity index (χ4v) is 1.57. The number of aryl methyl sites for hydroxylation is 1. The molecule has 0 amide bonds. The molecule has 1 atom stereocenters. The standard InChI is InChI=1S/C8H11ClN2O2S/c9-8-6-7(3-5-10-8)2-1-4-11-14(12)13/h3,5-6,11H,1-2,4H2,(H,12,13). The lowest BCUT2D eigenvalue weighted by Gasteiger charge is -2.01. The average molecular weight is 235 g/mol. The molecule has 1 heterocycles. The summed E-state index contributed by atoms with van der Waals surface area (Å²) in [5.41, 5.74) is 1.08. The number of rotatable bonds is 5. The molecule has 0 spiro atoms. The SMILES string of the molecule is O=S(O)NCCCc1ccnc(Cl)c1. The number of halogens is 1. The van der Waals surface area contributed by atoms with Gasteiger partial charge in [-0.05, 0) is 30.5 Å². The molecule has 14 heavy (non-hydrogen) atoms. The topological polar surface area (TPSA) is 62.2 Å². The van der Waals surface area contributed by atoms with Crippen LogP contribution in [-0.4, -0.2) is 20.3 Å². The fourth-order valence-electron chi connectivity index (χ4n) is 1.05. The van der Waals surface area contributed by atoms with Crippen LogP contribution < -0.4 is 4.72 Å². The Labute approximate surface area is 90.1 Å². The van der Waals surface area contributed by atoms with E-state index < -0.39 is 11.3 Å². The van der Waals surface area contributed by atoms with Crippen molar-refractivity contribution in [3.05, 3.63) is 29.0 Å². The van der Waals surface area contributed by atoms with Gasteiger partial charge < -0.3 is 0 Å². The molecular weight excluding hydrogens is 224 g/mol. The highest BCUT2D eigenvalue weighted by Crippen LogP contribution is 2.08. The molecule has 0 saturated carbocycles. The number of pyridine rings is 1. The number of hydrogen-bond donors (Lipinski definition) is 2. The Hall–Kier alpha value is -0.490. The Morgan fingerprint density at radius 1 is 1.64 bits per heavy atom. The van der Waals surface area contributed by atoms with Crippen molar-refractivity contribution >= 4 is 22.9 Å². The first-order chi connectivity index (χ1) is 6.68. The van der Waals surface area contributed by atoms with E-state index in [-0.39, 0.29) is 0 Å². The summed E-state index contributed by atoms with van der Waals surface area (Å²) >= 11 is 3.78. The van der Waals surface area contributed by atoms with Crippen molar-refractivity contribution in [1.82, 2.24) is 9.71 Å². The van der Waals surface area contributed by atoms with Crippen molar-refractivity contribution in [2.75, 3.05) is 6.54 Å². The Balaban J connectivity index is 2.28. The van der Waals surface area contributed by atoms with E-state index in [2.05, 4.69) is 9.71 Å². The second-order valence-corrected chi connectivity index (χ2v) is 3.91. The van der Waals surface area contributed by atoms with E-state index in [1.54, 1.807) is 12.3 Å². The van der Waals surface area contributed by atoms with Gasteiger partial charge in [-0.3, -0.25) is 4.55 Å². The molecule has 1 aromatic rings. The molecule has 1 rings (SSSR count). The molecular formula is C8H11ClN2O2S. The maximum atomic E-state index is 10.2. The minimum atomic E-state index is -1.92. The van der Waals surface area contributed by atoms with Gasteiger partial charge in [0, 0.05) is 12.7 Å². The monoisotopic (exact) mass is 234 g/mol. The summed E-state index contributed by atoms with van der Waals surface area (Å²) in [5, 5.41) is 0.473. The summed E-state index contributed by atoms with van der Waals surface area (Å²) in [6.07, 6.45) is 3.24. The van der Waals surface area contributed by atoms with E-state index in [1.165, 1.54) is 0 Å². The van der Waals surface area contributed by atoms with Crippen LogP contribution in [0.25, 0.3) is 0 Å². The summed E-state index contributed by atoms with van der Waals surface area (Å²) in [6, 6.07) is 3.67. The van der Waals surface area contributed by atoms with Crippen LogP contribution in [0.15, 0.2) is 18.3 Å². The Morgan fingerprint density at radius 3 is 3.07 bits per heavy atom. The third kappa shape index (κ3) is 4.66. The highest BCUT2D eigenvalue weighted by molar-refractivity contribution is 7.77. The van der Waals surface area contributed by atoms with Crippen molar-refractivity contribution in [2.24, 2.45) is 0 Å². The first-order valence-electron chi connectivity index (χ1n) is 4.13. The van der Waals surface area contributed by atoms with Crippen LogP contribution in [0, 0.1) is 0 Å². The van der Waals surface area contributed by atoms with E-state index >= 15 is 0 Å². The van der Waals surface area contributed by atoms with E-state index in [1.807, 2.05) is 6.07 Å². The van der Waals surface area contributed by atoms with Crippen molar-refractivity contribution in [1.29, 1.82) is 0 Å². The van der Waals surface area contributed by atoms with Gasteiger partial charge in [-0.25, -0.2) is 13.9 Å². The molecule has 0 radical (unpaired) electrons. The molecule has 1 aromatic heterocycles. The van der Waals surface area contributed by atoms with Gasteiger partial charge in [0.25, 0.3) is 0 Å². The molecule has 6 heteroatoms. The Morgan fingerprint density at radius 2 is 2.43 bits per heavy atom. The normalized spacial score (nSPS) is 12.7. The molecule has 0 aromatic carbocycles. The Kier molecular flexibility index (Phi) is 5.03. The largest absolute Gasteiger partial charge is 0.294 e. The molecule has 78 valence electrons. The van der Waals surface area contributed by atoms with Crippen LogP contribution in [0.3, 0.4) is 0 Å². The quantitative estimate of drug-likeness (QED) is 0.460. The van der Waals surface area contributed by atoms with Crippen LogP contribution in [-0.2, 0) is 17.7 Å².